The second-order valence-corrected chi connectivity index (χ2v) is 6.45. The minimum atomic E-state index is 0.617. The van der Waals surface area contributed by atoms with Crippen LogP contribution < -0.4 is 4.80 Å². The van der Waals surface area contributed by atoms with Crippen LogP contribution >= 0.6 is 11.3 Å². The molecule has 130 valence electrons. The first-order valence-corrected chi connectivity index (χ1v) is 9.10. The SMILES string of the molecule is N#Cc1ccc(/C=N/n2c(-c3ccco3)csc2=Nc2ccccc2)cc1. The van der Waals surface area contributed by atoms with Crippen molar-refractivity contribution in [2.75, 3.05) is 0 Å². The fourth-order valence-electron chi connectivity index (χ4n) is 2.46. The first-order valence-electron chi connectivity index (χ1n) is 8.22. The second kappa shape index (κ2) is 7.68. The number of para-hydroxylation sites is 1. The fraction of sp³-hybridized carbons (Fsp3) is 0. The van der Waals surface area contributed by atoms with Crippen LogP contribution in [0.4, 0.5) is 5.69 Å². The molecule has 0 saturated heterocycles. The standard InChI is InChI=1S/C21H14N4OS/c22-13-16-8-10-17(11-9-16)14-23-25-19(20-7-4-12-26-20)15-27-21(25)24-18-5-2-1-3-6-18/h1-12,14-15H/b23-14+,24-21?. The van der Waals surface area contributed by atoms with Gasteiger partial charge in [0.15, 0.2) is 5.76 Å². The third kappa shape index (κ3) is 3.78. The number of hydrogen-bond donors (Lipinski definition) is 0. The maximum atomic E-state index is 8.92. The predicted octanol–water partition coefficient (Wildman–Crippen LogP) is 4.80. The molecule has 0 unspecified atom stereocenters. The molecule has 0 aliphatic carbocycles. The average Bonchev–Trinajstić information content (AvgIpc) is 3.37. The highest BCUT2D eigenvalue weighted by Gasteiger charge is 2.09. The van der Waals surface area contributed by atoms with Crippen LogP contribution in [0.5, 0.6) is 0 Å². The minimum absolute atomic E-state index is 0.617. The van der Waals surface area contributed by atoms with Gasteiger partial charge in [0.1, 0.15) is 5.69 Å². The molecular formula is C21H14N4OS. The van der Waals surface area contributed by atoms with E-state index in [-0.39, 0.29) is 0 Å². The molecule has 0 amide bonds. The van der Waals surface area contributed by atoms with Gasteiger partial charge in [0, 0.05) is 5.38 Å². The lowest BCUT2D eigenvalue weighted by atomic mass is 10.2. The average molecular weight is 370 g/mol. The molecule has 2 aromatic carbocycles. The molecule has 0 bridgehead atoms. The van der Waals surface area contributed by atoms with E-state index in [2.05, 4.69) is 11.2 Å². The highest BCUT2D eigenvalue weighted by Crippen LogP contribution is 2.21. The fourth-order valence-corrected chi connectivity index (χ4v) is 3.30. The molecule has 4 rings (SSSR count). The highest BCUT2D eigenvalue weighted by molar-refractivity contribution is 7.07. The first kappa shape index (κ1) is 16.8. The Balaban J connectivity index is 1.79. The number of furan rings is 1. The molecular weight excluding hydrogens is 356 g/mol. The molecule has 6 heteroatoms. The number of thiazole rings is 1. The number of benzene rings is 2. The van der Waals surface area contributed by atoms with Crippen molar-refractivity contribution in [2.24, 2.45) is 10.1 Å². The molecule has 5 nitrogen and oxygen atoms in total. The van der Waals surface area contributed by atoms with Gasteiger partial charge < -0.3 is 4.42 Å². The van der Waals surface area contributed by atoms with E-state index in [0.717, 1.165) is 27.5 Å². The Kier molecular flexibility index (Phi) is 4.77. The lowest BCUT2D eigenvalue weighted by Crippen LogP contribution is -2.11. The third-order valence-corrected chi connectivity index (χ3v) is 4.62. The van der Waals surface area contributed by atoms with Crippen molar-refractivity contribution in [3.05, 3.63) is 94.3 Å². The smallest absolute Gasteiger partial charge is 0.211 e. The molecule has 0 radical (unpaired) electrons. The van der Waals surface area contributed by atoms with E-state index in [1.54, 1.807) is 29.3 Å². The van der Waals surface area contributed by atoms with Crippen LogP contribution in [0.1, 0.15) is 11.1 Å². The number of nitriles is 1. The Morgan fingerprint density at radius 2 is 1.81 bits per heavy atom. The Morgan fingerprint density at radius 3 is 2.52 bits per heavy atom. The molecule has 0 atom stereocenters. The van der Waals surface area contributed by atoms with Gasteiger partial charge in [0.2, 0.25) is 4.80 Å². The lowest BCUT2D eigenvalue weighted by molar-refractivity contribution is 0.575. The molecule has 0 spiro atoms. The van der Waals surface area contributed by atoms with Crippen LogP contribution in [0.2, 0.25) is 0 Å². The van der Waals surface area contributed by atoms with Gasteiger partial charge in [-0.25, -0.2) is 9.67 Å². The van der Waals surface area contributed by atoms with Crippen molar-refractivity contribution in [1.29, 1.82) is 5.26 Å². The van der Waals surface area contributed by atoms with E-state index in [1.807, 2.05) is 60.0 Å². The van der Waals surface area contributed by atoms with Gasteiger partial charge in [-0.1, -0.05) is 30.3 Å². The van der Waals surface area contributed by atoms with Gasteiger partial charge in [-0.05, 0) is 42.0 Å². The number of nitrogens with zero attached hydrogens (tertiary/aromatic N) is 4. The summed E-state index contributed by atoms with van der Waals surface area (Å²) in [4.78, 5) is 5.43. The molecule has 2 aromatic heterocycles. The summed E-state index contributed by atoms with van der Waals surface area (Å²) in [6, 6.07) is 22.8. The number of rotatable bonds is 4. The van der Waals surface area contributed by atoms with Gasteiger partial charge in [0.25, 0.3) is 0 Å². The van der Waals surface area contributed by atoms with Crippen molar-refractivity contribution in [1.82, 2.24) is 4.68 Å². The summed E-state index contributed by atoms with van der Waals surface area (Å²) in [5.41, 5.74) is 3.19. The van der Waals surface area contributed by atoms with E-state index >= 15 is 0 Å². The van der Waals surface area contributed by atoms with Crippen LogP contribution in [-0.4, -0.2) is 10.9 Å². The van der Waals surface area contributed by atoms with Gasteiger partial charge in [-0.15, -0.1) is 11.3 Å². The van der Waals surface area contributed by atoms with Crippen molar-refractivity contribution in [3.8, 4) is 17.5 Å². The molecule has 0 saturated carbocycles. The second-order valence-electron chi connectivity index (χ2n) is 5.62. The Labute approximate surface area is 159 Å². The molecule has 4 aromatic rings. The maximum Gasteiger partial charge on any atom is 0.211 e. The van der Waals surface area contributed by atoms with Gasteiger partial charge in [0.05, 0.1) is 29.8 Å². The van der Waals surface area contributed by atoms with Crippen LogP contribution in [-0.2, 0) is 0 Å². The summed E-state index contributed by atoms with van der Waals surface area (Å²) in [7, 11) is 0. The van der Waals surface area contributed by atoms with Gasteiger partial charge in [-0.3, -0.25) is 0 Å². The van der Waals surface area contributed by atoms with Crippen molar-refractivity contribution in [3.63, 3.8) is 0 Å². The third-order valence-electron chi connectivity index (χ3n) is 3.80. The number of hydrogen-bond acceptors (Lipinski definition) is 5. The molecule has 27 heavy (non-hydrogen) atoms. The minimum Gasteiger partial charge on any atom is -0.463 e. The molecule has 0 fully saturated rings. The Morgan fingerprint density at radius 1 is 1.00 bits per heavy atom. The van der Waals surface area contributed by atoms with Crippen LogP contribution in [0, 0.1) is 11.3 Å². The zero-order valence-corrected chi connectivity index (χ0v) is 15.0. The van der Waals surface area contributed by atoms with Crippen LogP contribution in [0.3, 0.4) is 0 Å². The molecule has 0 aliphatic heterocycles. The van der Waals surface area contributed by atoms with Gasteiger partial charge >= 0.3 is 0 Å². The van der Waals surface area contributed by atoms with Crippen molar-refractivity contribution < 1.29 is 4.42 Å². The summed E-state index contributed by atoms with van der Waals surface area (Å²) >= 11 is 1.49. The molecule has 0 N–H and O–H groups in total. The quantitative estimate of drug-likeness (QED) is 0.485. The monoisotopic (exact) mass is 370 g/mol. The molecule has 2 heterocycles. The Bertz CT molecular complexity index is 1160. The topological polar surface area (TPSA) is 66.6 Å². The highest BCUT2D eigenvalue weighted by atomic mass is 32.1. The van der Waals surface area contributed by atoms with Crippen molar-refractivity contribution >= 4 is 23.2 Å². The van der Waals surface area contributed by atoms with E-state index in [0.29, 0.717) is 5.56 Å². The van der Waals surface area contributed by atoms with Crippen LogP contribution in [0.25, 0.3) is 11.5 Å². The molecule has 0 aliphatic rings. The van der Waals surface area contributed by atoms with E-state index in [9.17, 15) is 0 Å². The summed E-state index contributed by atoms with van der Waals surface area (Å²) in [6.07, 6.45) is 3.38. The van der Waals surface area contributed by atoms with Crippen molar-refractivity contribution in [2.45, 2.75) is 0 Å². The maximum absolute atomic E-state index is 8.92. The normalized spacial score (nSPS) is 11.7. The number of aromatic nitrogens is 1. The predicted molar refractivity (Wildman–Crippen MR) is 106 cm³/mol. The summed E-state index contributed by atoms with van der Waals surface area (Å²) in [5, 5.41) is 15.5. The largest absolute Gasteiger partial charge is 0.463 e. The van der Waals surface area contributed by atoms with E-state index in [1.165, 1.54) is 11.3 Å². The van der Waals surface area contributed by atoms with E-state index < -0.39 is 0 Å². The summed E-state index contributed by atoms with van der Waals surface area (Å²) < 4.78 is 7.30. The first-order chi connectivity index (χ1) is 13.3. The Hall–Kier alpha value is -3.69. The zero-order chi connectivity index (χ0) is 18.5. The summed E-state index contributed by atoms with van der Waals surface area (Å²) in [6.45, 7) is 0. The van der Waals surface area contributed by atoms with E-state index in [4.69, 9.17) is 14.7 Å². The zero-order valence-electron chi connectivity index (χ0n) is 14.2. The van der Waals surface area contributed by atoms with Gasteiger partial charge in [-0.2, -0.15) is 10.4 Å². The summed E-state index contributed by atoms with van der Waals surface area (Å²) in [5.74, 6) is 0.720. The lowest BCUT2D eigenvalue weighted by Gasteiger charge is -2.01. The van der Waals surface area contributed by atoms with Crippen LogP contribution in [0.15, 0.2) is 92.9 Å².